The second-order valence-corrected chi connectivity index (χ2v) is 6.36. The molecular formula is C12H17NO4S. The average molecular weight is 271 g/mol. The van der Waals surface area contributed by atoms with E-state index in [0.717, 1.165) is 0 Å². The third kappa shape index (κ3) is 2.66. The predicted octanol–water partition coefficient (Wildman–Crippen LogP) is 1.19. The summed E-state index contributed by atoms with van der Waals surface area (Å²) in [6.07, 6.45) is 1.43. The fourth-order valence-electron chi connectivity index (χ4n) is 2.03. The number of benzene rings is 1. The maximum atomic E-state index is 12.3. The SMILES string of the molecule is CN(C1CCOCC1)S(=O)(=O)c1ccc(O)cc1. The molecule has 0 unspecified atom stereocenters. The van der Waals surface area contributed by atoms with Gasteiger partial charge < -0.3 is 9.84 Å². The molecule has 1 aromatic rings. The largest absolute Gasteiger partial charge is 0.508 e. The molecule has 6 heteroatoms. The lowest BCUT2D eigenvalue weighted by Crippen LogP contribution is -2.40. The summed E-state index contributed by atoms with van der Waals surface area (Å²) < 4.78 is 31.3. The lowest BCUT2D eigenvalue weighted by Gasteiger charge is -2.30. The topological polar surface area (TPSA) is 66.8 Å². The fourth-order valence-corrected chi connectivity index (χ4v) is 3.45. The summed E-state index contributed by atoms with van der Waals surface area (Å²) in [7, 11) is -1.89. The van der Waals surface area contributed by atoms with Crippen LogP contribution < -0.4 is 0 Å². The van der Waals surface area contributed by atoms with Gasteiger partial charge >= 0.3 is 0 Å². The summed E-state index contributed by atoms with van der Waals surface area (Å²) >= 11 is 0. The van der Waals surface area contributed by atoms with E-state index in [1.165, 1.54) is 28.6 Å². The average Bonchev–Trinajstić information content (AvgIpc) is 2.39. The minimum atomic E-state index is -3.49. The van der Waals surface area contributed by atoms with Gasteiger partial charge in [-0.3, -0.25) is 0 Å². The molecule has 5 nitrogen and oxygen atoms in total. The molecule has 1 aliphatic heterocycles. The smallest absolute Gasteiger partial charge is 0.243 e. The highest BCUT2D eigenvalue weighted by Crippen LogP contribution is 2.23. The lowest BCUT2D eigenvalue weighted by atomic mass is 10.1. The zero-order valence-electron chi connectivity index (χ0n) is 10.2. The first-order valence-corrected chi connectivity index (χ1v) is 7.30. The van der Waals surface area contributed by atoms with Gasteiger partial charge in [0.1, 0.15) is 5.75 Å². The van der Waals surface area contributed by atoms with Crippen LogP contribution in [0.3, 0.4) is 0 Å². The van der Waals surface area contributed by atoms with Gasteiger partial charge in [0, 0.05) is 26.3 Å². The van der Waals surface area contributed by atoms with Gasteiger partial charge in [0.25, 0.3) is 0 Å². The molecule has 1 N–H and O–H groups in total. The third-order valence-electron chi connectivity index (χ3n) is 3.22. The molecule has 0 amide bonds. The fraction of sp³-hybridized carbons (Fsp3) is 0.500. The van der Waals surface area contributed by atoms with Crippen LogP contribution in [0.1, 0.15) is 12.8 Å². The van der Waals surface area contributed by atoms with Crippen molar-refractivity contribution in [2.24, 2.45) is 0 Å². The van der Waals surface area contributed by atoms with Crippen molar-refractivity contribution in [2.45, 2.75) is 23.8 Å². The molecule has 0 aromatic heterocycles. The van der Waals surface area contributed by atoms with E-state index in [-0.39, 0.29) is 16.7 Å². The van der Waals surface area contributed by atoms with Crippen molar-refractivity contribution in [1.29, 1.82) is 0 Å². The van der Waals surface area contributed by atoms with Crippen molar-refractivity contribution in [3.8, 4) is 5.75 Å². The van der Waals surface area contributed by atoms with Gasteiger partial charge in [-0.25, -0.2) is 8.42 Å². The van der Waals surface area contributed by atoms with Crippen LogP contribution in [0.25, 0.3) is 0 Å². The highest BCUT2D eigenvalue weighted by molar-refractivity contribution is 7.89. The molecule has 100 valence electrons. The van der Waals surface area contributed by atoms with Gasteiger partial charge in [-0.2, -0.15) is 4.31 Å². The lowest BCUT2D eigenvalue weighted by molar-refractivity contribution is 0.0632. The monoisotopic (exact) mass is 271 g/mol. The third-order valence-corrected chi connectivity index (χ3v) is 5.14. The minimum Gasteiger partial charge on any atom is -0.508 e. The first-order chi connectivity index (χ1) is 8.51. The highest BCUT2D eigenvalue weighted by Gasteiger charge is 2.29. The van der Waals surface area contributed by atoms with Crippen LogP contribution in [-0.2, 0) is 14.8 Å². The Balaban J connectivity index is 2.21. The van der Waals surface area contributed by atoms with E-state index in [1.54, 1.807) is 7.05 Å². The first-order valence-electron chi connectivity index (χ1n) is 5.86. The Kier molecular flexibility index (Phi) is 3.89. The van der Waals surface area contributed by atoms with Crippen molar-refractivity contribution >= 4 is 10.0 Å². The number of aromatic hydroxyl groups is 1. The summed E-state index contributed by atoms with van der Waals surface area (Å²) in [5, 5.41) is 9.18. The molecule has 1 saturated heterocycles. The van der Waals surface area contributed by atoms with Crippen LogP contribution in [0.4, 0.5) is 0 Å². The summed E-state index contributed by atoms with van der Waals surface area (Å²) in [6, 6.07) is 5.58. The Hall–Kier alpha value is -1.11. The quantitative estimate of drug-likeness (QED) is 0.896. The van der Waals surface area contributed by atoms with Crippen LogP contribution in [0.5, 0.6) is 5.75 Å². The van der Waals surface area contributed by atoms with Crippen molar-refractivity contribution < 1.29 is 18.3 Å². The maximum absolute atomic E-state index is 12.3. The minimum absolute atomic E-state index is 0.0162. The number of phenolic OH excluding ortho intramolecular Hbond substituents is 1. The van der Waals surface area contributed by atoms with Gasteiger partial charge in [-0.05, 0) is 37.1 Å². The molecular weight excluding hydrogens is 254 g/mol. The molecule has 0 atom stereocenters. The number of rotatable bonds is 3. The van der Waals surface area contributed by atoms with E-state index in [4.69, 9.17) is 4.74 Å². The standard InChI is InChI=1S/C12H17NO4S/c1-13(10-6-8-17-9-7-10)18(15,16)12-4-2-11(14)3-5-12/h2-5,10,14H,6-9H2,1H3. The predicted molar refractivity (Wildman–Crippen MR) is 66.9 cm³/mol. The first kappa shape index (κ1) is 13.3. The Morgan fingerprint density at radius 3 is 2.33 bits per heavy atom. The van der Waals surface area contributed by atoms with E-state index >= 15 is 0 Å². The van der Waals surface area contributed by atoms with E-state index in [2.05, 4.69) is 0 Å². The van der Waals surface area contributed by atoms with Crippen molar-refractivity contribution in [2.75, 3.05) is 20.3 Å². The van der Waals surface area contributed by atoms with E-state index in [9.17, 15) is 13.5 Å². The summed E-state index contributed by atoms with van der Waals surface area (Å²) in [5.41, 5.74) is 0. The van der Waals surface area contributed by atoms with E-state index in [1.807, 2.05) is 0 Å². The van der Waals surface area contributed by atoms with E-state index in [0.29, 0.717) is 26.1 Å². The maximum Gasteiger partial charge on any atom is 0.243 e. The van der Waals surface area contributed by atoms with Crippen LogP contribution in [0, 0.1) is 0 Å². The number of phenols is 1. The second-order valence-electron chi connectivity index (χ2n) is 4.36. The van der Waals surface area contributed by atoms with Crippen LogP contribution >= 0.6 is 0 Å². The van der Waals surface area contributed by atoms with Crippen molar-refractivity contribution in [3.05, 3.63) is 24.3 Å². The number of sulfonamides is 1. The zero-order chi connectivity index (χ0) is 13.2. The zero-order valence-corrected chi connectivity index (χ0v) is 11.1. The molecule has 1 aliphatic rings. The Morgan fingerprint density at radius 1 is 1.22 bits per heavy atom. The molecule has 0 saturated carbocycles. The molecule has 0 radical (unpaired) electrons. The highest BCUT2D eigenvalue weighted by atomic mass is 32.2. The van der Waals surface area contributed by atoms with Crippen molar-refractivity contribution in [1.82, 2.24) is 4.31 Å². The molecule has 2 rings (SSSR count). The van der Waals surface area contributed by atoms with Gasteiger partial charge in [-0.15, -0.1) is 0 Å². The van der Waals surface area contributed by atoms with Crippen LogP contribution in [0.2, 0.25) is 0 Å². The molecule has 0 bridgehead atoms. The number of hydrogen-bond acceptors (Lipinski definition) is 4. The van der Waals surface area contributed by atoms with Crippen LogP contribution in [-0.4, -0.2) is 44.1 Å². The number of hydrogen-bond donors (Lipinski definition) is 1. The van der Waals surface area contributed by atoms with Crippen LogP contribution in [0.15, 0.2) is 29.2 Å². The molecule has 1 fully saturated rings. The Morgan fingerprint density at radius 2 is 1.78 bits per heavy atom. The molecule has 0 aliphatic carbocycles. The molecule has 1 heterocycles. The van der Waals surface area contributed by atoms with Gasteiger partial charge in [0.05, 0.1) is 4.90 Å². The number of ether oxygens (including phenoxy) is 1. The Bertz CT molecular complexity index is 491. The van der Waals surface area contributed by atoms with Crippen molar-refractivity contribution in [3.63, 3.8) is 0 Å². The summed E-state index contributed by atoms with van der Waals surface area (Å²) in [4.78, 5) is 0.203. The van der Waals surface area contributed by atoms with E-state index < -0.39 is 10.0 Å². The van der Waals surface area contributed by atoms with Gasteiger partial charge in [-0.1, -0.05) is 0 Å². The molecule has 0 spiro atoms. The molecule has 18 heavy (non-hydrogen) atoms. The second kappa shape index (κ2) is 5.26. The normalized spacial score (nSPS) is 18.1. The molecule has 1 aromatic carbocycles. The summed E-state index contributed by atoms with van der Waals surface area (Å²) in [6.45, 7) is 1.19. The van der Waals surface area contributed by atoms with Gasteiger partial charge in [0.15, 0.2) is 0 Å². The van der Waals surface area contributed by atoms with Gasteiger partial charge in [0.2, 0.25) is 10.0 Å². The summed E-state index contributed by atoms with van der Waals surface area (Å²) in [5.74, 6) is 0.0580. The number of nitrogens with zero attached hydrogens (tertiary/aromatic N) is 1. The Labute approximate surface area is 107 Å².